The molecule has 1 aliphatic carbocycles. The second-order valence-corrected chi connectivity index (χ2v) is 8.75. The van der Waals surface area contributed by atoms with Gasteiger partial charge in [0.2, 0.25) is 0 Å². The van der Waals surface area contributed by atoms with E-state index in [1.807, 2.05) is 38.1 Å². The molecule has 1 saturated carbocycles. The Morgan fingerprint density at radius 1 is 1.18 bits per heavy atom. The molecule has 0 unspecified atom stereocenters. The quantitative estimate of drug-likeness (QED) is 0.713. The lowest BCUT2D eigenvalue weighted by molar-refractivity contribution is 0.0946. The Morgan fingerprint density at radius 3 is 2.43 bits per heavy atom. The zero-order valence-corrected chi connectivity index (χ0v) is 17.7. The van der Waals surface area contributed by atoms with Gasteiger partial charge in [-0.15, -0.1) is 11.3 Å². The lowest BCUT2D eigenvalue weighted by atomic mass is 10.0. The van der Waals surface area contributed by atoms with Crippen molar-refractivity contribution in [1.82, 2.24) is 15.2 Å². The molecular formula is C21H28N4O2S. The Bertz CT molecular complexity index is 825. The van der Waals surface area contributed by atoms with Crippen LogP contribution in [-0.2, 0) is 6.54 Å². The molecule has 3 amide bonds. The number of benzene rings is 1. The molecule has 0 saturated heterocycles. The van der Waals surface area contributed by atoms with Crippen molar-refractivity contribution < 1.29 is 9.59 Å². The minimum Gasteiger partial charge on any atom is -0.348 e. The first-order valence-corrected chi connectivity index (χ1v) is 10.6. The summed E-state index contributed by atoms with van der Waals surface area (Å²) >= 11 is 1.41. The number of anilines is 1. The van der Waals surface area contributed by atoms with Crippen LogP contribution in [0.1, 0.15) is 67.5 Å². The molecule has 2 aromatic rings. The molecular weight excluding hydrogens is 372 g/mol. The molecule has 3 rings (SSSR count). The third-order valence-corrected chi connectivity index (χ3v) is 5.55. The SMILES string of the molecule is CC(C)c1ccc(NC(=O)N(Cc2nc(C(=O)NC3CC3)cs2)C(C)C)cc1. The molecule has 1 heterocycles. The van der Waals surface area contributed by atoms with Gasteiger partial charge in [-0.25, -0.2) is 9.78 Å². The monoisotopic (exact) mass is 400 g/mol. The molecule has 2 N–H and O–H groups in total. The molecule has 1 aliphatic rings. The molecule has 0 bridgehead atoms. The Hall–Kier alpha value is -2.41. The highest BCUT2D eigenvalue weighted by Gasteiger charge is 2.25. The van der Waals surface area contributed by atoms with Crippen molar-refractivity contribution in [2.24, 2.45) is 0 Å². The molecule has 1 aromatic carbocycles. The molecule has 0 aliphatic heterocycles. The molecule has 28 heavy (non-hydrogen) atoms. The largest absolute Gasteiger partial charge is 0.348 e. The molecule has 0 spiro atoms. The normalized spacial score (nSPS) is 13.6. The summed E-state index contributed by atoms with van der Waals surface area (Å²) in [4.78, 5) is 31.0. The van der Waals surface area contributed by atoms with Crippen LogP contribution in [0.25, 0.3) is 0 Å². The zero-order valence-electron chi connectivity index (χ0n) is 16.9. The van der Waals surface area contributed by atoms with Crippen LogP contribution in [0.4, 0.5) is 10.5 Å². The van der Waals surface area contributed by atoms with Crippen molar-refractivity contribution in [2.75, 3.05) is 5.32 Å². The highest BCUT2D eigenvalue weighted by atomic mass is 32.1. The van der Waals surface area contributed by atoms with Gasteiger partial charge in [-0.05, 0) is 50.3 Å². The average molecular weight is 401 g/mol. The predicted molar refractivity (Wildman–Crippen MR) is 113 cm³/mol. The van der Waals surface area contributed by atoms with E-state index in [1.165, 1.54) is 16.9 Å². The van der Waals surface area contributed by atoms with E-state index < -0.39 is 0 Å². The van der Waals surface area contributed by atoms with Gasteiger partial charge in [0.05, 0.1) is 6.54 Å². The van der Waals surface area contributed by atoms with Gasteiger partial charge in [0, 0.05) is 23.2 Å². The second-order valence-electron chi connectivity index (χ2n) is 7.80. The minimum absolute atomic E-state index is 0.00239. The Morgan fingerprint density at radius 2 is 1.86 bits per heavy atom. The fraction of sp³-hybridized carbons (Fsp3) is 0.476. The highest BCUT2D eigenvalue weighted by molar-refractivity contribution is 7.09. The van der Waals surface area contributed by atoms with Crippen molar-refractivity contribution in [2.45, 2.75) is 65.1 Å². The van der Waals surface area contributed by atoms with Crippen molar-refractivity contribution in [3.8, 4) is 0 Å². The number of thiazole rings is 1. The van der Waals surface area contributed by atoms with E-state index in [4.69, 9.17) is 0 Å². The summed E-state index contributed by atoms with van der Waals surface area (Å²) in [6.07, 6.45) is 2.09. The summed E-state index contributed by atoms with van der Waals surface area (Å²) in [6, 6.07) is 8.05. The van der Waals surface area contributed by atoms with Crippen molar-refractivity contribution in [1.29, 1.82) is 0 Å². The summed E-state index contributed by atoms with van der Waals surface area (Å²) in [5.74, 6) is 0.323. The van der Waals surface area contributed by atoms with Crippen molar-refractivity contribution in [3.05, 3.63) is 45.9 Å². The molecule has 150 valence electrons. The van der Waals surface area contributed by atoms with E-state index in [9.17, 15) is 9.59 Å². The number of hydrogen-bond acceptors (Lipinski definition) is 4. The lowest BCUT2D eigenvalue weighted by Gasteiger charge is -2.26. The van der Waals surface area contributed by atoms with Crippen LogP contribution in [0.15, 0.2) is 29.6 Å². The maximum absolute atomic E-state index is 12.8. The van der Waals surface area contributed by atoms with E-state index in [0.717, 1.165) is 23.5 Å². The topological polar surface area (TPSA) is 74.3 Å². The standard InChI is InChI=1S/C21H28N4O2S/c1-13(2)15-5-7-17(8-6-15)23-21(27)25(14(3)4)11-19-24-18(12-28-19)20(26)22-16-9-10-16/h5-8,12-14,16H,9-11H2,1-4H3,(H,22,26)(H,23,27). The molecule has 7 heteroatoms. The van der Waals surface area contributed by atoms with Gasteiger partial charge in [-0.3, -0.25) is 4.79 Å². The van der Waals surface area contributed by atoms with E-state index in [0.29, 0.717) is 24.2 Å². The van der Waals surface area contributed by atoms with Gasteiger partial charge in [-0.1, -0.05) is 26.0 Å². The van der Waals surface area contributed by atoms with Gasteiger partial charge < -0.3 is 15.5 Å². The first-order valence-electron chi connectivity index (χ1n) is 9.76. The smallest absolute Gasteiger partial charge is 0.322 e. The Labute approximate surface area is 170 Å². The zero-order chi connectivity index (χ0) is 20.3. The van der Waals surface area contributed by atoms with Crippen LogP contribution in [0, 0.1) is 0 Å². The Balaban J connectivity index is 1.63. The number of carbonyl (C=O) groups excluding carboxylic acids is 2. The van der Waals surface area contributed by atoms with E-state index in [1.54, 1.807) is 10.3 Å². The number of nitrogens with one attached hydrogen (secondary N) is 2. The van der Waals surface area contributed by atoms with Crippen LogP contribution in [0.5, 0.6) is 0 Å². The molecule has 0 atom stereocenters. The lowest BCUT2D eigenvalue weighted by Crippen LogP contribution is -2.39. The van der Waals surface area contributed by atoms with Crippen LogP contribution in [-0.4, -0.2) is 33.9 Å². The van der Waals surface area contributed by atoms with Gasteiger partial charge in [0.15, 0.2) is 0 Å². The van der Waals surface area contributed by atoms with Crippen LogP contribution < -0.4 is 10.6 Å². The van der Waals surface area contributed by atoms with Crippen molar-refractivity contribution in [3.63, 3.8) is 0 Å². The first kappa shape index (κ1) is 20.3. The third kappa shape index (κ3) is 5.32. The average Bonchev–Trinajstić information content (AvgIpc) is 3.33. The van der Waals surface area contributed by atoms with Gasteiger partial charge in [0.1, 0.15) is 10.7 Å². The van der Waals surface area contributed by atoms with Crippen molar-refractivity contribution >= 4 is 29.0 Å². The highest BCUT2D eigenvalue weighted by Crippen LogP contribution is 2.21. The molecule has 0 radical (unpaired) electrons. The van der Waals surface area contributed by atoms with Crippen LogP contribution in [0.3, 0.4) is 0 Å². The van der Waals surface area contributed by atoms with E-state index >= 15 is 0 Å². The number of rotatable bonds is 7. The predicted octanol–water partition coefficient (Wildman–Crippen LogP) is 4.60. The third-order valence-electron chi connectivity index (χ3n) is 4.72. The number of nitrogens with zero attached hydrogens (tertiary/aromatic N) is 2. The maximum atomic E-state index is 12.8. The first-order chi connectivity index (χ1) is 13.3. The van der Waals surface area contributed by atoms with Crippen LogP contribution in [0.2, 0.25) is 0 Å². The number of aromatic nitrogens is 1. The molecule has 1 aromatic heterocycles. The maximum Gasteiger partial charge on any atom is 0.322 e. The minimum atomic E-state index is -0.175. The fourth-order valence-corrected chi connectivity index (χ4v) is 3.53. The number of hydrogen-bond donors (Lipinski definition) is 2. The summed E-state index contributed by atoms with van der Waals surface area (Å²) in [5, 5.41) is 8.41. The van der Waals surface area contributed by atoms with Gasteiger partial charge in [0.25, 0.3) is 5.91 Å². The van der Waals surface area contributed by atoms with E-state index in [2.05, 4.69) is 29.5 Å². The van der Waals surface area contributed by atoms with Gasteiger partial charge >= 0.3 is 6.03 Å². The molecule has 1 fully saturated rings. The second kappa shape index (κ2) is 8.73. The summed E-state index contributed by atoms with van der Waals surface area (Å²) in [5.41, 5.74) is 2.43. The van der Waals surface area contributed by atoms with E-state index in [-0.39, 0.29) is 18.0 Å². The number of urea groups is 1. The Kier molecular flexibility index (Phi) is 6.34. The summed E-state index contributed by atoms with van der Waals surface area (Å²) in [6.45, 7) is 8.59. The number of amides is 3. The number of carbonyl (C=O) groups is 2. The summed E-state index contributed by atoms with van der Waals surface area (Å²) < 4.78 is 0. The van der Waals surface area contributed by atoms with Crippen LogP contribution >= 0.6 is 11.3 Å². The van der Waals surface area contributed by atoms with Gasteiger partial charge in [-0.2, -0.15) is 0 Å². The summed E-state index contributed by atoms with van der Waals surface area (Å²) in [7, 11) is 0. The molecule has 6 nitrogen and oxygen atoms in total. The fourth-order valence-electron chi connectivity index (χ4n) is 2.76.